The smallest absolute Gasteiger partial charge is 0.322 e. The second-order valence-corrected chi connectivity index (χ2v) is 6.07. The average Bonchev–Trinajstić information content (AvgIpc) is 2.30. The third-order valence-electron chi connectivity index (χ3n) is 2.05. The van der Waals surface area contributed by atoms with Crippen LogP contribution in [0.5, 0.6) is 0 Å². The summed E-state index contributed by atoms with van der Waals surface area (Å²) in [6, 6.07) is 4.36. The first kappa shape index (κ1) is 15.7. The minimum Gasteiger partial charge on any atom is -0.468 e. The number of methoxy groups -OCH3 is 1. The molecule has 0 saturated carbocycles. The summed E-state index contributed by atoms with van der Waals surface area (Å²) in [6.45, 7) is 0. The number of nitrogens with one attached hydrogen (secondary N) is 1. The van der Waals surface area contributed by atoms with E-state index in [2.05, 4.69) is 9.46 Å². The molecule has 0 saturated heterocycles. The molecule has 9 heteroatoms. The fraction of sp³-hybridized carbons (Fsp3) is 0.200. The number of carbonyl (C=O) groups excluding carboxylic acids is 1. The summed E-state index contributed by atoms with van der Waals surface area (Å²) in [7, 11) is -2.78. The summed E-state index contributed by atoms with van der Waals surface area (Å²) < 4.78 is 29.7. The fourth-order valence-electron chi connectivity index (χ4n) is 1.17. The van der Waals surface area contributed by atoms with Crippen LogP contribution >= 0.6 is 23.8 Å². The van der Waals surface area contributed by atoms with Gasteiger partial charge in [0.25, 0.3) is 0 Å². The van der Waals surface area contributed by atoms with Crippen LogP contribution in [0.1, 0.15) is 5.56 Å². The molecule has 0 radical (unpaired) electrons. The number of nitrogens with two attached hydrogens (primary N) is 1. The maximum atomic E-state index is 11.6. The summed E-state index contributed by atoms with van der Waals surface area (Å²) in [5.41, 5.74) is 6.06. The van der Waals surface area contributed by atoms with Gasteiger partial charge in [-0.1, -0.05) is 23.8 Å². The number of thiocarbonyl (C=S) groups is 1. The summed E-state index contributed by atoms with van der Waals surface area (Å²) in [5, 5.41) is 0.124. The summed E-state index contributed by atoms with van der Waals surface area (Å²) in [4.78, 5) is 11.1. The molecule has 1 aromatic rings. The standard InChI is InChI=1S/C10H11ClN2O4S2/c1-17-9(14)5-19(15,16)13-8-3-2-6(10(12)18)4-7(8)11/h2-4,13H,5H2,1H3,(H2,12,18). The highest BCUT2D eigenvalue weighted by molar-refractivity contribution is 7.93. The van der Waals surface area contributed by atoms with Crippen LogP contribution in [-0.2, 0) is 19.6 Å². The Labute approximate surface area is 120 Å². The van der Waals surface area contributed by atoms with E-state index < -0.39 is 21.7 Å². The molecule has 1 aromatic carbocycles. The lowest BCUT2D eigenvalue weighted by atomic mass is 10.2. The molecule has 0 amide bonds. The van der Waals surface area contributed by atoms with Gasteiger partial charge in [-0.15, -0.1) is 0 Å². The molecule has 0 aliphatic rings. The van der Waals surface area contributed by atoms with Crippen molar-refractivity contribution in [3.8, 4) is 0 Å². The number of carbonyl (C=O) groups is 1. The van der Waals surface area contributed by atoms with Gasteiger partial charge in [0.05, 0.1) is 17.8 Å². The Morgan fingerprint density at radius 2 is 2.16 bits per heavy atom. The monoisotopic (exact) mass is 322 g/mol. The van der Waals surface area contributed by atoms with Crippen LogP contribution < -0.4 is 10.5 Å². The minimum atomic E-state index is -3.87. The highest BCUT2D eigenvalue weighted by Gasteiger charge is 2.18. The van der Waals surface area contributed by atoms with Crippen LogP contribution in [0.4, 0.5) is 5.69 Å². The van der Waals surface area contributed by atoms with E-state index in [0.717, 1.165) is 7.11 Å². The number of halogens is 1. The molecule has 0 atom stereocenters. The summed E-state index contributed by atoms with van der Waals surface area (Å²) in [5.74, 6) is -1.67. The molecule has 0 heterocycles. The summed E-state index contributed by atoms with van der Waals surface area (Å²) >= 11 is 10.7. The van der Waals surface area contributed by atoms with E-state index in [9.17, 15) is 13.2 Å². The number of ether oxygens (including phenoxy) is 1. The molecule has 6 nitrogen and oxygen atoms in total. The quantitative estimate of drug-likeness (QED) is 0.617. The van der Waals surface area contributed by atoms with Crippen LogP contribution in [0.15, 0.2) is 18.2 Å². The first-order valence-corrected chi connectivity index (χ1v) is 7.35. The Kier molecular flexibility index (Phi) is 5.10. The van der Waals surface area contributed by atoms with E-state index >= 15 is 0 Å². The zero-order chi connectivity index (χ0) is 14.6. The van der Waals surface area contributed by atoms with E-state index in [1.165, 1.54) is 18.2 Å². The van der Waals surface area contributed by atoms with Crippen molar-refractivity contribution >= 4 is 50.5 Å². The van der Waals surface area contributed by atoms with E-state index in [-0.39, 0.29) is 15.7 Å². The molecule has 0 aromatic heterocycles. The van der Waals surface area contributed by atoms with Gasteiger partial charge >= 0.3 is 5.97 Å². The van der Waals surface area contributed by atoms with Crippen LogP contribution in [0.3, 0.4) is 0 Å². The highest BCUT2D eigenvalue weighted by Crippen LogP contribution is 2.24. The van der Waals surface area contributed by atoms with Crippen LogP contribution in [0.25, 0.3) is 0 Å². The molecular formula is C10H11ClN2O4S2. The van der Waals surface area contributed by atoms with Crippen molar-refractivity contribution in [2.24, 2.45) is 5.73 Å². The van der Waals surface area contributed by atoms with E-state index in [4.69, 9.17) is 29.6 Å². The molecule has 0 fully saturated rings. The number of anilines is 1. The number of hydrogen-bond acceptors (Lipinski definition) is 5. The van der Waals surface area contributed by atoms with E-state index in [1.54, 1.807) is 0 Å². The van der Waals surface area contributed by atoms with Gasteiger partial charge in [0.1, 0.15) is 4.99 Å². The van der Waals surface area contributed by atoms with Crippen molar-refractivity contribution in [2.75, 3.05) is 17.6 Å². The minimum absolute atomic E-state index is 0.124. The Morgan fingerprint density at radius 3 is 2.63 bits per heavy atom. The van der Waals surface area contributed by atoms with Gasteiger partial charge in [0.15, 0.2) is 5.75 Å². The van der Waals surface area contributed by atoms with Gasteiger partial charge in [-0.05, 0) is 18.2 Å². The molecular weight excluding hydrogens is 312 g/mol. The van der Waals surface area contributed by atoms with Crippen molar-refractivity contribution in [3.05, 3.63) is 28.8 Å². The van der Waals surface area contributed by atoms with Crippen molar-refractivity contribution in [2.45, 2.75) is 0 Å². The zero-order valence-electron chi connectivity index (χ0n) is 9.84. The van der Waals surface area contributed by atoms with Crippen molar-refractivity contribution < 1.29 is 17.9 Å². The van der Waals surface area contributed by atoms with Gasteiger partial charge in [0, 0.05) is 5.56 Å². The Bertz CT molecular complexity index is 616. The van der Waals surface area contributed by atoms with Crippen molar-refractivity contribution in [3.63, 3.8) is 0 Å². The number of benzene rings is 1. The molecule has 3 N–H and O–H groups in total. The number of hydrogen-bond donors (Lipinski definition) is 2. The highest BCUT2D eigenvalue weighted by atomic mass is 35.5. The fourth-order valence-corrected chi connectivity index (χ4v) is 2.59. The zero-order valence-corrected chi connectivity index (χ0v) is 12.2. The number of sulfonamides is 1. The SMILES string of the molecule is COC(=O)CS(=O)(=O)Nc1ccc(C(N)=S)cc1Cl. The first-order chi connectivity index (χ1) is 8.75. The molecule has 1 rings (SSSR count). The number of rotatable bonds is 5. The van der Waals surface area contributed by atoms with Gasteiger partial charge in [-0.3, -0.25) is 9.52 Å². The first-order valence-electron chi connectivity index (χ1n) is 4.92. The topological polar surface area (TPSA) is 98.5 Å². The normalized spacial score (nSPS) is 10.8. The lowest BCUT2D eigenvalue weighted by Gasteiger charge is -2.09. The van der Waals surface area contributed by atoms with E-state index in [1.807, 2.05) is 0 Å². The molecule has 0 aliphatic heterocycles. The molecule has 0 unspecified atom stereocenters. The van der Waals surface area contributed by atoms with Crippen LogP contribution in [-0.4, -0.2) is 32.2 Å². The largest absolute Gasteiger partial charge is 0.468 e. The number of esters is 1. The third-order valence-corrected chi connectivity index (χ3v) is 3.75. The third kappa shape index (κ3) is 4.66. The summed E-state index contributed by atoms with van der Waals surface area (Å²) in [6.07, 6.45) is 0. The van der Waals surface area contributed by atoms with Crippen LogP contribution in [0, 0.1) is 0 Å². The second-order valence-electron chi connectivity index (χ2n) is 3.50. The molecule has 0 bridgehead atoms. The predicted molar refractivity (Wildman–Crippen MR) is 76.8 cm³/mol. The molecule has 0 aliphatic carbocycles. The average molecular weight is 323 g/mol. The van der Waals surface area contributed by atoms with Crippen molar-refractivity contribution in [1.29, 1.82) is 0 Å². The second kappa shape index (κ2) is 6.18. The van der Waals surface area contributed by atoms with E-state index in [0.29, 0.717) is 5.56 Å². The van der Waals surface area contributed by atoms with Gasteiger partial charge in [0.2, 0.25) is 10.0 Å². The Morgan fingerprint density at radius 1 is 1.53 bits per heavy atom. The molecule has 19 heavy (non-hydrogen) atoms. The Balaban J connectivity index is 2.94. The maximum absolute atomic E-state index is 11.6. The van der Waals surface area contributed by atoms with Gasteiger partial charge in [-0.25, -0.2) is 8.42 Å². The lowest BCUT2D eigenvalue weighted by Crippen LogP contribution is -2.23. The predicted octanol–water partition coefficient (Wildman–Crippen LogP) is 0.889. The lowest BCUT2D eigenvalue weighted by molar-refractivity contribution is -0.137. The maximum Gasteiger partial charge on any atom is 0.322 e. The van der Waals surface area contributed by atoms with Crippen LogP contribution in [0.2, 0.25) is 5.02 Å². The molecule has 104 valence electrons. The Hall–Kier alpha value is -1.38. The molecule has 0 spiro atoms. The van der Waals surface area contributed by atoms with Crippen molar-refractivity contribution in [1.82, 2.24) is 0 Å². The van der Waals surface area contributed by atoms with Gasteiger partial charge < -0.3 is 10.5 Å². The van der Waals surface area contributed by atoms with Gasteiger partial charge in [-0.2, -0.15) is 0 Å².